The SMILES string of the molecule is CCCn1c(N2CCN(c3ccc(F)cc3)CC2)c(/C=C2/SC(=S)N(CCc3ccc(OC)c(OC)c3)C2=O)c(C)c(C#N)c1=O. The molecule has 2 fully saturated rings. The number of piperazine rings is 1. The van der Waals surface area contributed by atoms with Gasteiger partial charge in [0.25, 0.3) is 11.5 Å². The van der Waals surface area contributed by atoms with Crippen LogP contribution >= 0.6 is 24.0 Å². The summed E-state index contributed by atoms with van der Waals surface area (Å²) in [6.45, 7) is 7.06. The minimum absolute atomic E-state index is 0.0670. The second-order valence-corrected chi connectivity index (χ2v) is 12.7. The van der Waals surface area contributed by atoms with E-state index >= 15 is 0 Å². The fourth-order valence-electron chi connectivity index (χ4n) is 5.85. The second-order valence-electron chi connectivity index (χ2n) is 11.0. The first-order valence-electron chi connectivity index (χ1n) is 15.1. The second kappa shape index (κ2) is 14.4. The van der Waals surface area contributed by atoms with Crippen LogP contribution < -0.4 is 24.8 Å². The van der Waals surface area contributed by atoms with E-state index in [2.05, 4.69) is 15.9 Å². The maximum absolute atomic E-state index is 13.7. The molecule has 0 spiro atoms. The number of rotatable bonds is 10. The van der Waals surface area contributed by atoms with Crippen molar-refractivity contribution in [3.8, 4) is 17.6 Å². The Morgan fingerprint density at radius 2 is 1.67 bits per heavy atom. The van der Waals surface area contributed by atoms with Crippen LogP contribution in [0.4, 0.5) is 15.9 Å². The van der Waals surface area contributed by atoms with Crippen LogP contribution in [-0.2, 0) is 17.8 Å². The zero-order chi connectivity index (χ0) is 33.0. The number of thiocarbonyl (C=S) groups is 1. The van der Waals surface area contributed by atoms with Crippen LogP contribution in [0.2, 0.25) is 0 Å². The number of benzene rings is 2. The Morgan fingerprint density at radius 1 is 1.00 bits per heavy atom. The number of thioether (sulfide) groups is 1. The highest BCUT2D eigenvalue weighted by atomic mass is 32.2. The Balaban J connectivity index is 1.46. The van der Waals surface area contributed by atoms with Crippen molar-refractivity contribution in [1.82, 2.24) is 9.47 Å². The molecule has 1 aromatic heterocycles. The lowest BCUT2D eigenvalue weighted by atomic mass is 10.0. The highest BCUT2D eigenvalue weighted by Crippen LogP contribution is 2.37. The molecular weight excluding hydrogens is 626 g/mol. The van der Waals surface area contributed by atoms with Crippen LogP contribution in [-0.4, -0.2) is 66.6 Å². The molecule has 2 aliphatic heterocycles. The van der Waals surface area contributed by atoms with E-state index in [1.165, 1.54) is 23.9 Å². The molecule has 0 unspecified atom stereocenters. The Bertz CT molecular complexity index is 1780. The summed E-state index contributed by atoms with van der Waals surface area (Å²) in [6.07, 6.45) is 3.04. The van der Waals surface area contributed by atoms with Crippen molar-refractivity contribution in [3.63, 3.8) is 0 Å². The molecule has 2 saturated heterocycles. The molecule has 3 aromatic rings. The van der Waals surface area contributed by atoms with Gasteiger partial charge in [-0.3, -0.25) is 19.1 Å². The van der Waals surface area contributed by atoms with Gasteiger partial charge >= 0.3 is 0 Å². The Morgan fingerprint density at radius 3 is 2.30 bits per heavy atom. The quantitative estimate of drug-likeness (QED) is 0.210. The molecule has 12 heteroatoms. The molecule has 0 bridgehead atoms. The molecule has 0 saturated carbocycles. The van der Waals surface area contributed by atoms with Gasteiger partial charge in [-0.2, -0.15) is 5.26 Å². The van der Waals surface area contributed by atoms with E-state index in [0.29, 0.717) is 89.8 Å². The lowest BCUT2D eigenvalue weighted by Gasteiger charge is -2.39. The number of hydrogen-bond donors (Lipinski definition) is 0. The normalized spacial score (nSPS) is 15.9. The number of carbonyl (C=O) groups excluding carboxylic acids is 1. The highest BCUT2D eigenvalue weighted by Gasteiger charge is 2.33. The fraction of sp³-hybridized carbons (Fsp3) is 0.353. The number of nitriles is 1. The number of hydrogen-bond acceptors (Lipinski definition) is 9. The molecule has 5 rings (SSSR count). The van der Waals surface area contributed by atoms with Gasteiger partial charge in [0.15, 0.2) is 11.5 Å². The third-order valence-electron chi connectivity index (χ3n) is 8.29. The van der Waals surface area contributed by atoms with Crippen molar-refractivity contribution >= 4 is 51.8 Å². The molecular formula is C34H36FN5O4S2. The number of ether oxygens (including phenoxy) is 2. The van der Waals surface area contributed by atoms with E-state index < -0.39 is 0 Å². The minimum atomic E-state index is -0.336. The monoisotopic (exact) mass is 661 g/mol. The van der Waals surface area contributed by atoms with E-state index in [0.717, 1.165) is 11.3 Å². The van der Waals surface area contributed by atoms with Gasteiger partial charge in [0, 0.05) is 50.5 Å². The molecule has 2 aliphatic rings. The maximum atomic E-state index is 13.7. The van der Waals surface area contributed by atoms with Gasteiger partial charge in [-0.05, 0) is 73.4 Å². The molecule has 0 N–H and O–H groups in total. The first kappa shape index (κ1) is 33.0. The number of pyridine rings is 1. The standard InChI is InChI=1S/C34H36FN5O4S2/c1-5-13-39-31(38-17-15-37(16-18-38)25-9-7-24(35)8-10-25)26(22(2)27(21-36)32(39)41)20-30-33(42)40(34(45)46-30)14-12-23-6-11-28(43-3)29(19-23)44-4/h6-11,19-20H,5,12-18H2,1-4H3/b30-20+. The summed E-state index contributed by atoms with van der Waals surface area (Å²) in [5.74, 6) is 1.44. The summed E-state index contributed by atoms with van der Waals surface area (Å²) >= 11 is 6.87. The summed E-state index contributed by atoms with van der Waals surface area (Å²) in [4.78, 5) is 33.7. The van der Waals surface area contributed by atoms with Gasteiger partial charge in [0.2, 0.25) is 0 Å². The van der Waals surface area contributed by atoms with Crippen LogP contribution in [0.15, 0.2) is 52.2 Å². The molecule has 0 atom stereocenters. The van der Waals surface area contributed by atoms with E-state index in [1.807, 2.05) is 25.1 Å². The largest absolute Gasteiger partial charge is 0.493 e. The summed E-state index contributed by atoms with van der Waals surface area (Å²) in [6, 6.07) is 14.2. The zero-order valence-electron chi connectivity index (χ0n) is 26.3. The highest BCUT2D eigenvalue weighted by molar-refractivity contribution is 8.26. The van der Waals surface area contributed by atoms with Crippen molar-refractivity contribution in [1.29, 1.82) is 5.26 Å². The van der Waals surface area contributed by atoms with Gasteiger partial charge in [-0.15, -0.1) is 0 Å². The number of methoxy groups -OCH3 is 2. The average molecular weight is 662 g/mol. The molecule has 3 heterocycles. The molecule has 46 heavy (non-hydrogen) atoms. The molecule has 9 nitrogen and oxygen atoms in total. The van der Waals surface area contributed by atoms with Gasteiger partial charge in [0.1, 0.15) is 27.6 Å². The topological polar surface area (TPSA) is 91.0 Å². The Kier molecular flexibility index (Phi) is 10.3. The van der Waals surface area contributed by atoms with E-state index in [9.17, 15) is 19.2 Å². The third kappa shape index (κ3) is 6.62. The number of halogens is 1. The van der Waals surface area contributed by atoms with Gasteiger partial charge < -0.3 is 19.3 Å². The van der Waals surface area contributed by atoms with E-state index in [-0.39, 0.29) is 22.8 Å². The summed E-state index contributed by atoms with van der Waals surface area (Å²) < 4.78 is 26.4. The first-order chi connectivity index (χ1) is 22.2. The lowest BCUT2D eigenvalue weighted by molar-refractivity contribution is -0.122. The van der Waals surface area contributed by atoms with Crippen molar-refractivity contribution in [2.45, 2.75) is 33.2 Å². The van der Waals surface area contributed by atoms with E-state index in [4.69, 9.17) is 21.7 Å². The first-order valence-corrected chi connectivity index (χ1v) is 16.3. The van der Waals surface area contributed by atoms with E-state index in [1.54, 1.807) is 48.8 Å². The molecule has 0 aliphatic carbocycles. The van der Waals surface area contributed by atoms with Crippen LogP contribution in [0.25, 0.3) is 6.08 Å². The smallest absolute Gasteiger partial charge is 0.270 e. The molecule has 0 radical (unpaired) electrons. The van der Waals surface area contributed by atoms with Crippen LogP contribution in [0, 0.1) is 24.1 Å². The number of nitrogens with zero attached hydrogens (tertiary/aromatic N) is 5. The van der Waals surface area contributed by atoms with Crippen LogP contribution in [0.1, 0.15) is 35.6 Å². The van der Waals surface area contributed by atoms with Crippen molar-refractivity contribution in [3.05, 3.63) is 85.8 Å². The van der Waals surface area contributed by atoms with Crippen molar-refractivity contribution in [2.75, 3.05) is 56.7 Å². The third-order valence-corrected chi connectivity index (χ3v) is 9.66. The number of aromatic nitrogens is 1. The number of anilines is 2. The van der Waals surface area contributed by atoms with Crippen LogP contribution in [0.5, 0.6) is 11.5 Å². The number of carbonyl (C=O) groups is 1. The Labute approximate surface area is 277 Å². The summed E-state index contributed by atoms with van der Waals surface area (Å²) in [5, 5.41) is 9.99. The van der Waals surface area contributed by atoms with Gasteiger partial charge in [-0.1, -0.05) is 37.0 Å². The molecule has 240 valence electrons. The van der Waals surface area contributed by atoms with Gasteiger partial charge in [0.05, 0.1) is 19.1 Å². The predicted molar refractivity (Wildman–Crippen MR) is 184 cm³/mol. The Hall–Kier alpha value is -4.34. The zero-order valence-corrected chi connectivity index (χ0v) is 28.0. The summed E-state index contributed by atoms with van der Waals surface area (Å²) in [7, 11) is 3.16. The molecule has 1 amide bonds. The average Bonchev–Trinajstić information content (AvgIpc) is 3.33. The van der Waals surface area contributed by atoms with Gasteiger partial charge in [-0.25, -0.2) is 4.39 Å². The van der Waals surface area contributed by atoms with Crippen LogP contribution in [0.3, 0.4) is 0 Å². The maximum Gasteiger partial charge on any atom is 0.270 e. The minimum Gasteiger partial charge on any atom is -0.493 e. The van der Waals surface area contributed by atoms with Crippen molar-refractivity contribution < 1.29 is 18.7 Å². The van der Waals surface area contributed by atoms with Crippen molar-refractivity contribution in [2.24, 2.45) is 0 Å². The summed E-state index contributed by atoms with van der Waals surface area (Å²) in [5.41, 5.74) is 2.83. The fourth-order valence-corrected chi connectivity index (χ4v) is 7.14. The number of amides is 1. The predicted octanol–water partition coefficient (Wildman–Crippen LogP) is 5.37. The molecule has 2 aromatic carbocycles. The lowest BCUT2D eigenvalue weighted by Crippen LogP contribution is -2.48.